The van der Waals surface area contributed by atoms with Gasteiger partial charge in [0.25, 0.3) is 5.56 Å². The molecule has 1 aromatic carbocycles. The highest BCUT2D eigenvalue weighted by atomic mass is 16.2. The number of anilines is 1. The van der Waals surface area contributed by atoms with E-state index >= 15 is 0 Å². The van der Waals surface area contributed by atoms with Crippen LogP contribution in [0.4, 0.5) is 5.82 Å². The maximum Gasteiger partial charge on any atom is 0.332 e. The number of aromatic nitrogens is 2. The molecule has 2 heterocycles. The Kier molecular flexibility index (Phi) is 7.29. The second-order valence-electron chi connectivity index (χ2n) is 8.22. The first kappa shape index (κ1) is 23.5. The zero-order valence-corrected chi connectivity index (χ0v) is 18.9. The molecule has 3 rings (SSSR count). The van der Waals surface area contributed by atoms with Crippen LogP contribution in [0.15, 0.2) is 39.9 Å². The third-order valence-electron chi connectivity index (χ3n) is 6.22. The molecule has 0 aliphatic carbocycles. The van der Waals surface area contributed by atoms with Crippen molar-refractivity contribution in [1.29, 1.82) is 0 Å². The summed E-state index contributed by atoms with van der Waals surface area (Å²) in [6, 6.07) is 9.44. The summed E-state index contributed by atoms with van der Waals surface area (Å²) in [5.41, 5.74) is 5.77. The lowest BCUT2D eigenvalue weighted by Gasteiger charge is -2.36. The average Bonchev–Trinajstić information content (AvgIpc) is 2.77. The quantitative estimate of drug-likeness (QED) is 0.636. The van der Waals surface area contributed by atoms with E-state index in [1.807, 2.05) is 35.2 Å². The Labute approximate surface area is 187 Å². The highest BCUT2D eigenvalue weighted by molar-refractivity contribution is 6.01. The van der Waals surface area contributed by atoms with Crippen LogP contribution < -0.4 is 17.0 Å². The van der Waals surface area contributed by atoms with Gasteiger partial charge in [0, 0.05) is 39.6 Å². The summed E-state index contributed by atoms with van der Waals surface area (Å²) < 4.78 is 2.35. The maximum atomic E-state index is 13.1. The number of carbonyl (C=O) groups is 2. The molecule has 0 spiro atoms. The summed E-state index contributed by atoms with van der Waals surface area (Å²) in [7, 11) is 1.79. The van der Waals surface area contributed by atoms with Crippen LogP contribution in [0.2, 0.25) is 0 Å². The molecule has 2 aromatic rings. The van der Waals surface area contributed by atoms with Gasteiger partial charge in [0.1, 0.15) is 11.4 Å². The number of nitrogens with two attached hydrogens (primary N) is 1. The van der Waals surface area contributed by atoms with Crippen LogP contribution in [-0.4, -0.2) is 63.3 Å². The van der Waals surface area contributed by atoms with Gasteiger partial charge < -0.3 is 10.6 Å². The molecule has 1 fully saturated rings. The SMILES string of the molecule is CCn1c(=O)c(C(=O)CN2CCC(N(C)C(C)=O)CC2)c(N)n(Cc2ccccc2)c1=O. The number of benzene rings is 1. The molecular formula is C23H31N5O4. The molecule has 0 saturated carbocycles. The average molecular weight is 442 g/mol. The first-order valence-corrected chi connectivity index (χ1v) is 10.9. The lowest BCUT2D eigenvalue weighted by atomic mass is 10.0. The van der Waals surface area contributed by atoms with Crippen molar-refractivity contribution in [3.8, 4) is 0 Å². The van der Waals surface area contributed by atoms with Crippen LogP contribution in [-0.2, 0) is 17.9 Å². The second-order valence-corrected chi connectivity index (χ2v) is 8.22. The fourth-order valence-corrected chi connectivity index (χ4v) is 4.18. The van der Waals surface area contributed by atoms with Gasteiger partial charge >= 0.3 is 5.69 Å². The molecule has 0 bridgehead atoms. The van der Waals surface area contributed by atoms with Gasteiger partial charge in [0.05, 0.1) is 13.1 Å². The first-order valence-electron chi connectivity index (χ1n) is 10.9. The molecule has 2 N–H and O–H groups in total. The number of nitrogens with zero attached hydrogens (tertiary/aromatic N) is 4. The van der Waals surface area contributed by atoms with Crippen LogP contribution in [0.5, 0.6) is 0 Å². The lowest BCUT2D eigenvalue weighted by Crippen LogP contribution is -2.48. The van der Waals surface area contributed by atoms with Crippen molar-refractivity contribution in [1.82, 2.24) is 18.9 Å². The molecule has 32 heavy (non-hydrogen) atoms. The smallest absolute Gasteiger partial charge is 0.332 e. The summed E-state index contributed by atoms with van der Waals surface area (Å²) in [6.45, 7) is 4.88. The van der Waals surface area contributed by atoms with Crippen LogP contribution in [0.1, 0.15) is 42.6 Å². The van der Waals surface area contributed by atoms with E-state index in [-0.39, 0.29) is 43.0 Å². The Morgan fingerprint density at radius 2 is 1.72 bits per heavy atom. The summed E-state index contributed by atoms with van der Waals surface area (Å²) in [4.78, 5) is 54.2. The number of rotatable bonds is 7. The highest BCUT2D eigenvalue weighted by Gasteiger charge is 2.28. The fraction of sp³-hybridized carbons (Fsp3) is 0.478. The third-order valence-corrected chi connectivity index (χ3v) is 6.22. The molecule has 1 aliphatic heterocycles. The van der Waals surface area contributed by atoms with Crippen molar-refractivity contribution >= 4 is 17.5 Å². The number of carbonyl (C=O) groups excluding carboxylic acids is 2. The molecule has 172 valence electrons. The minimum absolute atomic E-state index is 0.0214. The Morgan fingerprint density at radius 1 is 1.09 bits per heavy atom. The number of Topliss-reactive ketones (excluding diaryl/α,β-unsaturated/α-hetero) is 1. The molecule has 0 atom stereocenters. The van der Waals surface area contributed by atoms with Crippen LogP contribution in [0.25, 0.3) is 0 Å². The van der Waals surface area contributed by atoms with Gasteiger partial charge in [-0.2, -0.15) is 0 Å². The molecule has 9 nitrogen and oxygen atoms in total. The van der Waals surface area contributed by atoms with Crippen LogP contribution >= 0.6 is 0 Å². The van der Waals surface area contributed by atoms with Gasteiger partial charge in [-0.15, -0.1) is 0 Å². The molecule has 1 amide bonds. The van der Waals surface area contributed by atoms with Crippen molar-refractivity contribution in [2.45, 2.75) is 45.8 Å². The number of hydrogen-bond acceptors (Lipinski definition) is 6. The highest BCUT2D eigenvalue weighted by Crippen LogP contribution is 2.17. The standard InChI is InChI=1S/C23H31N5O4/c1-4-27-22(31)20(21(24)28(23(27)32)14-17-8-6-5-7-9-17)19(30)15-26-12-10-18(11-13-26)25(3)16(2)29/h5-9,18H,4,10-15,24H2,1-3H3. The van der Waals surface area contributed by atoms with Crippen molar-refractivity contribution in [3.05, 3.63) is 62.3 Å². The number of nitrogen functional groups attached to an aromatic ring is 1. The second kappa shape index (κ2) is 9.95. The van der Waals surface area contributed by atoms with E-state index in [2.05, 4.69) is 0 Å². The summed E-state index contributed by atoms with van der Waals surface area (Å²) >= 11 is 0. The number of piperidine rings is 1. The Balaban J connectivity index is 1.85. The first-order chi connectivity index (χ1) is 15.2. The summed E-state index contributed by atoms with van der Waals surface area (Å²) in [5, 5.41) is 0. The zero-order chi connectivity index (χ0) is 23.4. The summed E-state index contributed by atoms with van der Waals surface area (Å²) in [6.07, 6.45) is 1.51. The van der Waals surface area contributed by atoms with Crippen molar-refractivity contribution in [3.63, 3.8) is 0 Å². The predicted octanol–water partition coefficient (Wildman–Crippen LogP) is 0.786. The van der Waals surface area contributed by atoms with Crippen LogP contribution in [0.3, 0.4) is 0 Å². The molecule has 1 aromatic heterocycles. The van der Waals surface area contributed by atoms with Gasteiger partial charge in [-0.05, 0) is 25.3 Å². The van der Waals surface area contributed by atoms with E-state index in [4.69, 9.17) is 5.73 Å². The van der Waals surface area contributed by atoms with E-state index in [1.165, 1.54) is 4.57 Å². The zero-order valence-electron chi connectivity index (χ0n) is 18.9. The maximum absolute atomic E-state index is 13.1. The van der Waals surface area contributed by atoms with E-state index < -0.39 is 17.0 Å². The number of ketones is 1. The van der Waals surface area contributed by atoms with Gasteiger partial charge in [-0.25, -0.2) is 4.79 Å². The largest absolute Gasteiger partial charge is 0.384 e. The molecule has 0 radical (unpaired) electrons. The Hall–Kier alpha value is -3.20. The number of likely N-dealkylation sites (tertiary alicyclic amines) is 1. The number of amides is 1. The van der Waals surface area contributed by atoms with Gasteiger partial charge in [-0.1, -0.05) is 30.3 Å². The Morgan fingerprint density at radius 3 is 2.28 bits per heavy atom. The van der Waals surface area contributed by atoms with E-state index in [1.54, 1.807) is 25.8 Å². The minimum Gasteiger partial charge on any atom is -0.384 e. The topological polar surface area (TPSA) is 111 Å². The van der Waals surface area contributed by atoms with Crippen LogP contribution in [0, 0.1) is 0 Å². The molecule has 1 saturated heterocycles. The fourth-order valence-electron chi connectivity index (χ4n) is 4.18. The van der Waals surface area contributed by atoms with Crippen molar-refractivity contribution < 1.29 is 9.59 Å². The van der Waals surface area contributed by atoms with E-state index in [0.717, 1.165) is 23.0 Å². The monoisotopic (exact) mass is 441 g/mol. The van der Waals surface area contributed by atoms with Crippen molar-refractivity contribution in [2.24, 2.45) is 0 Å². The molecule has 1 aliphatic rings. The van der Waals surface area contributed by atoms with E-state index in [0.29, 0.717) is 13.1 Å². The minimum atomic E-state index is -0.643. The molecule has 9 heteroatoms. The van der Waals surface area contributed by atoms with Gasteiger partial charge in [-0.3, -0.25) is 28.4 Å². The number of hydrogen-bond donors (Lipinski definition) is 1. The van der Waals surface area contributed by atoms with E-state index in [9.17, 15) is 19.2 Å². The molecular weight excluding hydrogens is 410 g/mol. The Bertz CT molecular complexity index is 1100. The normalized spacial score (nSPS) is 15.0. The van der Waals surface area contributed by atoms with Gasteiger partial charge in [0.2, 0.25) is 5.91 Å². The third kappa shape index (κ3) is 4.83. The molecule has 0 unspecified atom stereocenters. The van der Waals surface area contributed by atoms with Gasteiger partial charge in [0.15, 0.2) is 5.78 Å². The summed E-state index contributed by atoms with van der Waals surface area (Å²) in [5.74, 6) is -0.465. The predicted molar refractivity (Wildman–Crippen MR) is 123 cm³/mol. The van der Waals surface area contributed by atoms with Crippen molar-refractivity contribution in [2.75, 3.05) is 32.4 Å². The lowest BCUT2D eigenvalue weighted by molar-refractivity contribution is -0.130.